The highest BCUT2D eigenvalue weighted by Crippen LogP contribution is 2.42. The molecule has 0 saturated heterocycles. The maximum atomic E-state index is 13.3. The van der Waals surface area contributed by atoms with Crippen LogP contribution in [0.1, 0.15) is 28.4 Å². The van der Waals surface area contributed by atoms with Crippen LogP contribution in [-0.4, -0.2) is 90.2 Å². The number of thioether (sulfide) groups is 1. The SMILES string of the molecule is CN(C)Cc1cncc(-c2cnc3[nH]nc(-c4nc5c(-c6sccc6-[n+]6cc(-c7cncc(NC(=O)Cc8ccccc8)c7)cc7c(-c8nc9c(C%10CC=CS%10)cncc9[nH]8)n[nH]c76)cncc5[nH]4)c3c2)c1. The summed E-state index contributed by atoms with van der Waals surface area (Å²) >= 11 is 3.36. The zero-order valence-corrected chi connectivity index (χ0v) is 40.3. The van der Waals surface area contributed by atoms with Crippen LogP contribution in [-0.2, 0) is 17.8 Å². The number of allylic oxidation sites excluding steroid dienone is 1. The van der Waals surface area contributed by atoms with Gasteiger partial charge in [-0.15, -0.1) is 28.2 Å². The molecule has 0 saturated carbocycles. The van der Waals surface area contributed by atoms with Gasteiger partial charge in [0.15, 0.2) is 28.7 Å². The van der Waals surface area contributed by atoms with E-state index >= 15 is 0 Å². The van der Waals surface area contributed by atoms with E-state index in [1.54, 1.807) is 41.7 Å². The van der Waals surface area contributed by atoms with Crippen molar-refractivity contribution >= 4 is 78.8 Å². The number of hydrogen-bond acceptors (Lipinski definition) is 13. The second kappa shape index (κ2) is 17.9. The summed E-state index contributed by atoms with van der Waals surface area (Å²) in [6, 6.07) is 20.0. The second-order valence-electron chi connectivity index (χ2n) is 17.9. The molecule has 0 fully saturated rings. The summed E-state index contributed by atoms with van der Waals surface area (Å²) in [4.78, 5) is 56.9. The Kier molecular flexibility index (Phi) is 10.7. The molecule has 0 radical (unpaired) electrons. The summed E-state index contributed by atoms with van der Waals surface area (Å²) in [5, 5.41) is 25.3. The number of carbonyl (C=O) groups is 1. The number of hydrogen-bond donors (Lipinski definition) is 5. The van der Waals surface area contributed by atoms with E-state index in [2.05, 4.69) is 97.2 Å². The molecule has 17 nitrogen and oxygen atoms in total. The first-order valence-electron chi connectivity index (χ1n) is 23.1. The molecule has 350 valence electrons. The van der Waals surface area contributed by atoms with Crippen LogP contribution in [0, 0.1) is 0 Å². The van der Waals surface area contributed by atoms with E-state index in [4.69, 9.17) is 30.1 Å². The number of nitrogens with one attached hydrogen (secondary N) is 5. The van der Waals surface area contributed by atoms with Crippen LogP contribution in [0.4, 0.5) is 5.69 Å². The lowest BCUT2D eigenvalue weighted by Crippen LogP contribution is -2.32. The molecule has 19 heteroatoms. The van der Waals surface area contributed by atoms with Crippen molar-refractivity contribution in [1.82, 2.24) is 70.2 Å². The number of fused-ring (bicyclic) bond motifs is 4. The molecule has 13 rings (SSSR count). The highest BCUT2D eigenvalue weighted by molar-refractivity contribution is 8.02. The van der Waals surface area contributed by atoms with Gasteiger partial charge in [0.05, 0.1) is 57.5 Å². The molecule has 11 aromatic heterocycles. The Morgan fingerprint density at radius 3 is 2.32 bits per heavy atom. The number of pyridine rings is 6. The molecule has 12 aromatic rings. The first kappa shape index (κ1) is 43.3. The number of benzene rings is 1. The van der Waals surface area contributed by atoms with Crippen LogP contribution in [0.3, 0.4) is 0 Å². The number of rotatable bonds is 12. The van der Waals surface area contributed by atoms with E-state index in [1.807, 2.05) is 87.7 Å². The highest BCUT2D eigenvalue weighted by Gasteiger charge is 2.28. The normalized spacial score (nSPS) is 13.7. The number of anilines is 1. The molecule has 1 aliphatic heterocycles. The maximum Gasteiger partial charge on any atom is 0.314 e. The van der Waals surface area contributed by atoms with Crippen molar-refractivity contribution in [1.29, 1.82) is 0 Å². The molecule has 0 aliphatic carbocycles. The molecule has 1 aliphatic rings. The number of aromatic amines is 4. The Morgan fingerprint density at radius 2 is 1.49 bits per heavy atom. The third kappa shape index (κ3) is 7.94. The summed E-state index contributed by atoms with van der Waals surface area (Å²) in [5.41, 5.74) is 14.7. The molecular formula is C53H41N16OS2+. The predicted molar refractivity (Wildman–Crippen MR) is 281 cm³/mol. The van der Waals surface area contributed by atoms with Crippen molar-refractivity contribution in [3.05, 3.63) is 156 Å². The van der Waals surface area contributed by atoms with E-state index in [0.717, 1.165) is 107 Å². The molecule has 1 amide bonds. The van der Waals surface area contributed by atoms with Crippen molar-refractivity contribution < 1.29 is 9.36 Å². The van der Waals surface area contributed by atoms with Gasteiger partial charge in [-0.25, -0.2) is 15.0 Å². The maximum absolute atomic E-state index is 13.3. The lowest BCUT2D eigenvalue weighted by atomic mass is 10.1. The number of imidazole rings is 2. The van der Waals surface area contributed by atoms with E-state index in [-0.39, 0.29) is 17.6 Å². The van der Waals surface area contributed by atoms with Crippen LogP contribution in [0.25, 0.3) is 106 Å². The Morgan fingerprint density at radius 1 is 0.750 bits per heavy atom. The van der Waals surface area contributed by atoms with Crippen LogP contribution < -0.4 is 9.88 Å². The number of nitrogens with zero attached hydrogens (tertiary/aromatic N) is 11. The van der Waals surface area contributed by atoms with Crippen molar-refractivity contribution in [3.8, 4) is 61.4 Å². The number of thiophene rings is 1. The fraction of sp³-hybridized carbons (Fsp3) is 0.113. The first-order chi connectivity index (χ1) is 35.4. The standard InChI is InChI=1S/C53H40N16OS2/c1-68(2)27-30-13-31(19-54-18-30)33-16-36-47(64-66-50(36)58-21-33)51-61-41-26-57-24-39(46(41)63-51)49-42(10-12-72-49)69-28-34(32-15-35(22-55-20-32)59-44(70)14-29-7-4-3-5-8-29)17-37-48(65-67-53(37)69)52-60-40-25-56-23-38(45(40)62-52)43-9-6-11-71-43/h3-8,10-13,15-26,28,43H,9,14,27H2,1-2H3,(H4,56,57,58,59,60,61,62,63,64,65,66,70)/p+1. The average Bonchev–Trinajstić information content (AvgIpc) is 4.27. The molecule has 1 aromatic carbocycles. The van der Waals surface area contributed by atoms with Gasteiger partial charge in [-0.3, -0.25) is 29.8 Å². The Bertz CT molecular complexity index is 4070. The number of aromatic nitrogens is 14. The van der Waals surface area contributed by atoms with Gasteiger partial charge in [-0.05, 0) is 72.8 Å². The quantitative estimate of drug-likeness (QED) is 0.0724. The number of amides is 1. The Hall–Kier alpha value is -8.78. The van der Waals surface area contributed by atoms with Gasteiger partial charge in [0, 0.05) is 82.4 Å². The minimum absolute atomic E-state index is 0.138. The molecule has 0 bridgehead atoms. The third-order valence-electron chi connectivity index (χ3n) is 12.6. The first-order valence-corrected chi connectivity index (χ1v) is 24.9. The monoisotopic (exact) mass is 981 g/mol. The molecule has 1 atom stereocenters. The van der Waals surface area contributed by atoms with Gasteiger partial charge in [0.1, 0.15) is 22.8 Å². The third-order valence-corrected chi connectivity index (χ3v) is 14.7. The van der Waals surface area contributed by atoms with Gasteiger partial charge in [0.2, 0.25) is 5.91 Å². The van der Waals surface area contributed by atoms with E-state index < -0.39 is 0 Å². The summed E-state index contributed by atoms with van der Waals surface area (Å²) < 4.78 is 2.10. The van der Waals surface area contributed by atoms with Crippen molar-refractivity contribution in [2.75, 3.05) is 19.4 Å². The minimum atomic E-state index is -0.138. The molecule has 72 heavy (non-hydrogen) atoms. The van der Waals surface area contributed by atoms with Crippen molar-refractivity contribution in [2.24, 2.45) is 0 Å². The Labute approximate surface area is 418 Å². The smallest absolute Gasteiger partial charge is 0.314 e. The fourth-order valence-corrected chi connectivity index (χ4v) is 11.2. The average molecular weight is 982 g/mol. The van der Waals surface area contributed by atoms with Crippen molar-refractivity contribution in [3.63, 3.8) is 0 Å². The van der Waals surface area contributed by atoms with Gasteiger partial charge in [-0.1, -0.05) is 41.5 Å². The van der Waals surface area contributed by atoms with E-state index in [0.29, 0.717) is 34.4 Å². The minimum Gasteiger partial charge on any atom is -0.335 e. The van der Waals surface area contributed by atoms with Gasteiger partial charge < -0.3 is 20.2 Å². The van der Waals surface area contributed by atoms with Gasteiger partial charge in [-0.2, -0.15) is 9.67 Å². The second-order valence-corrected chi connectivity index (χ2v) is 19.9. The molecular weight excluding hydrogens is 941 g/mol. The van der Waals surface area contributed by atoms with E-state index in [1.165, 1.54) is 0 Å². The van der Waals surface area contributed by atoms with Crippen LogP contribution in [0.15, 0.2) is 139 Å². The van der Waals surface area contributed by atoms with E-state index in [9.17, 15) is 4.79 Å². The van der Waals surface area contributed by atoms with Gasteiger partial charge in [0.25, 0.3) is 0 Å². The number of carbonyl (C=O) groups excluding carboxylic acids is 1. The predicted octanol–water partition coefficient (Wildman–Crippen LogP) is 9.77. The van der Waals surface area contributed by atoms with Crippen LogP contribution >= 0.6 is 23.1 Å². The largest absolute Gasteiger partial charge is 0.335 e. The summed E-state index contributed by atoms with van der Waals surface area (Å²) in [6.45, 7) is 0.772. The van der Waals surface area contributed by atoms with Crippen molar-refractivity contribution in [2.45, 2.75) is 24.6 Å². The zero-order chi connectivity index (χ0) is 48.3. The Balaban J connectivity index is 0.916. The molecule has 12 heterocycles. The van der Waals surface area contributed by atoms with Gasteiger partial charge >= 0.3 is 5.65 Å². The molecule has 5 N–H and O–H groups in total. The zero-order valence-electron chi connectivity index (χ0n) is 38.6. The fourth-order valence-electron chi connectivity index (χ4n) is 9.37. The number of H-pyrrole nitrogens is 4. The lowest BCUT2D eigenvalue weighted by Gasteiger charge is -2.10. The molecule has 0 spiro atoms. The highest BCUT2D eigenvalue weighted by atomic mass is 32.2. The van der Waals surface area contributed by atoms with Crippen LogP contribution in [0.2, 0.25) is 0 Å². The topological polar surface area (TPSA) is 215 Å². The lowest BCUT2D eigenvalue weighted by molar-refractivity contribution is -0.567. The van der Waals surface area contributed by atoms with Crippen LogP contribution in [0.5, 0.6) is 0 Å². The molecule has 1 unspecified atom stereocenters. The summed E-state index contributed by atoms with van der Waals surface area (Å²) in [5.74, 6) is 1.05. The summed E-state index contributed by atoms with van der Waals surface area (Å²) in [7, 11) is 4.08. The summed E-state index contributed by atoms with van der Waals surface area (Å²) in [6.07, 6.45) is 21.8.